The second-order valence-electron chi connectivity index (χ2n) is 8.84. The molecule has 2 fully saturated rings. The summed E-state index contributed by atoms with van der Waals surface area (Å²) >= 11 is 0. The van der Waals surface area contributed by atoms with Gasteiger partial charge in [0.1, 0.15) is 6.04 Å². The molecule has 0 spiro atoms. The number of hydrogen-bond donors (Lipinski definition) is 2. The van der Waals surface area contributed by atoms with E-state index >= 15 is 0 Å². The molecule has 0 bridgehead atoms. The van der Waals surface area contributed by atoms with Crippen LogP contribution < -0.4 is 15.5 Å². The predicted molar refractivity (Wildman–Crippen MR) is 125 cm³/mol. The van der Waals surface area contributed by atoms with Crippen molar-refractivity contribution in [3.05, 3.63) is 59.7 Å². The second-order valence-corrected chi connectivity index (χ2v) is 8.84. The smallest absolute Gasteiger partial charge is 0.251 e. The fourth-order valence-electron chi connectivity index (χ4n) is 4.02. The Morgan fingerprint density at radius 1 is 1.03 bits per heavy atom. The summed E-state index contributed by atoms with van der Waals surface area (Å²) in [5.74, 6) is 0.454. The average molecular weight is 421 g/mol. The van der Waals surface area contributed by atoms with Crippen molar-refractivity contribution in [3.63, 3.8) is 0 Å². The summed E-state index contributed by atoms with van der Waals surface area (Å²) in [7, 11) is 0. The third-order valence-corrected chi connectivity index (χ3v) is 6.09. The highest BCUT2D eigenvalue weighted by molar-refractivity contribution is 6.01. The van der Waals surface area contributed by atoms with Gasteiger partial charge in [-0.3, -0.25) is 14.5 Å². The van der Waals surface area contributed by atoms with Gasteiger partial charge in [-0.05, 0) is 62.9 Å². The summed E-state index contributed by atoms with van der Waals surface area (Å²) in [5, 5.41) is 5.72. The molecule has 1 saturated carbocycles. The zero-order chi connectivity index (χ0) is 21.8. The largest absolute Gasteiger partial charge is 0.369 e. The standard InChI is InChI=1S/C25H32N4O2/c1-18-5-3-6-21(15-18)25(31)26-19(2)24(30)27-22-7-4-8-23(16-22)29-13-11-28(12-14-29)17-20-9-10-20/h3-8,15-16,19-20H,9-14,17H2,1-2H3,(H,26,31)(H,27,30). The van der Waals surface area contributed by atoms with Crippen LogP contribution in [0.2, 0.25) is 0 Å². The molecule has 0 aromatic heterocycles. The minimum atomic E-state index is -0.636. The maximum absolute atomic E-state index is 12.6. The van der Waals surface area contributed by atoms with E-state index in [4.69, 9.17) is 0 Å². The quantitative estimate of drug-likeness (QED) is 0.722. The van der Waals surface area contributed by atoms with Crippen molar-refractivity contribution >= 4 is 23.2 Å². The van der Waals surface area contributed by atoms with Gasteiger partial charge in [-0.2, -0.15) is 0 Å². The monoisotopic (exact) mass is 420 g/mol. The molecule has 2 aromatic rings. The van der Waals surface area contributed by atoms with Gasteiger partial charge >= 0.3 is 0 Å². The Hall–Kier alpha value is -2.86. The van der Waals surface area contributed by atoms with Gasteiger partial charge in [-0.15, -0.1) is 0 Å². The normalized spacial score (nSPS) is 17.8. The molecule has 164 valence electrons. The molecule has 1 unspecified atom stereocenters. The maximum Gasteiger partial charge on any atom is 0.251 e. The molecule has 1 aliphatic heterocycles. The van der Waals surface area contributed by atoms with Gasteiger partial charge in [0, 0.05) is 49.7 Å². The van der Waals surface area contributed by atoms with Crippen molar-refractivity contribution in [3.8, 4) is 0 Å². The number of piperazine rings is 1. The highest BCUT2D eigenvalue weighted by Gasteiger charge is 2.26. The van der Waals surface area contributed by atoms with E-state index in [-0.39, 0.29) is 11.8 Å². The van der Waals surface area contributed by atoms with Crippen LogP contribution >= 0.6 is 0 Å². The SMILES string of the molecule is Cc1cccc(C(=O)NC(C)C(=O)Nc2cccc(N3CCN(CC4CC4)CC3)c2)c1. The Labute approximate surface area is 184 Å². The van der Waals surface area contributed by atoms with Crippen molar-refractivity contribution in [2.45, 2.75) is 32.7 Å². The second kappa shape index (κ2) is 9.52. The van der Waals surface area contributed by atoms with E-state index in [2.05, 4.69) is 26.5 Å². The van der Waals surface area contributed by atoms with E-state index in [1.807, 2.05) is 43.3 Å². The number of benzene rings is 2. The van der Waals surface area contributed by atoms with Crippen LogP contribution in [0, 0.1) is 12.8 Å². The maximum atomic E-state index is 12.6. The Bertz CT molecular complexity index is 933. The lowest BCUT2D eigenvalue weighted by atomic mass is 10.1. The van der Waals surface area contributed by atoms with E-state index in [0.717, 1.165) is 49.0 Å². The van der Waals surface area contributed by atoms with Gasteiger partial charge < -0.3 is 15.5 Å². The Balaban J connectivity index is 1.30. The highest BCUT2D eigenvalue weighted by atomic mass is 16.2. The van der Waals surface area contributed by atoms with Gasteiger partial charge in [0.2, 0.25) is 5.91 Å². The third kappa shape index (κ3) is 5.85. The number of aryl methyl sites for hydroxylation is 1. The molecule has 2 aromatic carbocycles. The zero-order valence-corrected chi connectivity index (χ0v) is 18.4. The van der Waals surface area contributed by atoms with E-state index in [1.165, 1.54) is 19.4 Å². The Kier molecular flexibility index (Phi) is 6.56. The van der Waals surface area contributed by atoms with E-state index in [9.17, 15) is 9.59 Å². The fourth-order valence-corrected chi connectivity index (χ4v) is 4.02. The molecular formula is C25H32N4O2. The Morgan fingerprint density at radius 3 is 2.48 bits per heavy atom. The summed E-state index contributed by atoms with van der Waals surface area (Å²) in [5.41, 5.74) is 3.44. The molecule has 31 heavy (non-hydrogen) atoms. The first kappa shape index (κ1) is 21.4. The first-order chi connectivity index (χ1) is 15.0. The Morgan fingerprint density at radius 2 is 1.77 bits per heavy atom. The van der Waals surface area contributed by atoms with Crippen LogP contribution in [0.5, 0.6) is 0 Å². The van der Waals surface area contributed by atoms with Crippen LogP contribution in [0.3, 0.4) is 0 Å². The topological polar surface area (TPSA) is 64.7 Å². The van der Waals surface area contributed by atoms with Crippen molar-refractivity contribution in [1.29, 1.82) is 0 Å². The van der Waals surface area contributed by atoms with Gasteiger partial charge in [0.25, 0.3) is 5.91 Å². The van der Waals surface area contributed by atoms with Gasteiger partial charge in [-0.25, -0.2) is 0 Å². The van der Waals surface area contributed by atoms with Crippen molar-refractivity contribution < 1.29 is 9.59 Å². The minimum absolute atomic E-state index is 0.229. The summed E-state index contributed by atoms with van der Waals surface area (Å²) in [6.07, 6.45) is 2.79. The van der Waals surface area contributed by atoms with Crippen LogP contribution in [0.25, 0.3) is 0 Å². The van der Waals surface area contributed by atoms with Gasteiger partial charge in [-0.1, -0.05) is 23.8 Å². The zero-order valence-electron chi connectivity index (χ0n) is 18.4. The summed E-state index contributed by atoms with van der Waals surface area (Å²) in [6.45, 7) is 9.08. The molecule has 1 heterocycles. The molecule has 6 nitrogen and oxygen atoms in total. The fraction of sp³-hybridized carbons (Fsp3) is 0.440. The molecule has 2 aliphatic rings. The highest BCUT2D eigenvalue weighted by Crippen LogP contribution is 2.30. The number of carbonyl (C=O) groups is 2. The van der Waals surface area contributed by atoms with Crippen LogP contribution in [0.15, 0.2) is 48.5 Å². The molecule has 2 amide bonds. The molecule has 6 heteroatoms. The molecule has 1 saturated heterocycles. The number of carbonyl (C=O) groups excluding carboxylic acids is 2. The van der Waals surface area contributed by atoms with Crippen LogP contribution in [0.1, 0.15) is 35.7 Å². The predicted octanol–water partition coefficient (Wildman–Crippen LogP) is 3.28. The van der Waals surface area contributed by atoms with E-state index < -0.39 is 6.04 Å². The minimum Gasteiger partial charge on any atom is -0.369 e. The van der Waals surface area contributed by atoms with Crippen molar-refractivity contribution in [1.82, 2.24) is 10.2 Å². The van der Waals surface area contributed by atoms with Crippen molar-refractivity contribution in [2.24, 2.45) is 5.92 Å². The van der Waals surface area contributed by atoms with Gasteiger partial charge in [0.15, 0.2) is 0 Å². The molecule has 0 radical (unpaired) electrons. The van der Waals surface area contributed by atoms with E-state index in [0.29, 0.717) is 5.56 Å². The lowest BCUT2D eigenvalue weighted by Crippen LogP contribution is -2.47. The summed E-state index contributed by atoms with van der Waals surface area (Å²) < 4.78 is 0. The molecule has 1 aliphatic carbocycles. The van der Waals surface area contributed by atoms with Crippen molar-refractivity contribution in [2.75, 3.05) is 42.9 Å². The van der Waals surface area contributed by atoms with E-state index in [1.54, 1.807) is 13.0 Å². The number of anilines is 2. The molecule has 4 rings (SSSR count). The molecule has 1 atom stereocenters. The average Bonchev–Trinajstić information content (AvgIpc) is 3.58. The van der Waals surface area contributed by atoms with Crippen LogP contribution in [-0.2, 0) is 4.79 Å². The van der Waals surface area contributed by atoms with Crippen LogP contribution in [0.4, 0.5) is 11.4 Å². The first-order valence-electron chi connectivity index (χ1n) is 11.2. The summed E-state index contributed by atoms with van der Waals surface area (Å²) in [6, 6.07) is 14.7. The number of amides is 2. The molecule has 2 N–H and O–H groups in total. The number of rotatable bonds is 7. The number of nitrogens with zero attached hydrogens (tertiary/aromatic N) is 2. The lowest BCUT2D eigenvalue weighted by Gasteiger charge is -2.36. The third-order valence-electron chi connectivity index (χ3n) is 6.09. The van der Waals surface area contributed by atoms with Crippen LogP contribution in [-0.4, -0.2) is 55.5 Å². The molecular weight excluding hydrogens is 388 g/mol. The first-order valence-corrected chi connectivity index (χ1v) is 11.2. The van der Waals surface area contributed by atoms with Gasteiger partial charge in [0.05, 0.1) is 0 Å². The number of nitrogens with one attached hydrogen (secondary N) is 2. The number of hydrogen-bond acceptors (Lipinski definition) is 4. The summed E-state index contributed by atoms with van der Waals surface area (Å²) in [4.78, 5) is 30.0. The lowest BCUT2D eigenvalue weighted by molar-refractivity contribution is -0.117.